The van der Waals surface area contributed by atoms with E-state index < -0.39 is 0 Å². The summed E-state index contributed by atoms with van der Waals surface area (Å²) in [5, 5.41) is 0. The number of carbonyl (C=O) groups is 1. The highest BCUT2D eigenvalue weighted by Crippen LogP contribution is 2.27. The van der Waals surface area contributed by atoms with E-state index in [0.29, 0.717) is 25.3 Å². The summed E-state index contributed by atoms with van der Waals surface area (Å²) in [5.41, 5.74) is 2.52. The number of benzene rings is 1. The van der Waals surface area contributed by atoms with Gasteiger partial charge in [-0.1, -0.05) is 0 Å². The summed E-state index contributed by atoms with van der Waals surface area (Å²) in [4.78, 5) is 19.4. The molecule has 4 rings (SSSR count). The first-order valence-corrected chi connectivity index (χ1v) is 8.00. The molecular formula is C18H19N3O3. The molecule has 3 heterocycles. The Balaban J connectivity index is 1.70. The summed E-state index contributed by atoms with van der Waals surface area (Å²) in [6.45, 7) is 3.49. The first kappa shape index (κ1) is 15.0. The highest BCUT2D eigenvalue weighted by Gasteiger charge is 2.31. The first-order chi connectivity index (χ1) is 11.6. The van der Waals surface area contributed by atoms with E-state index in [1.54, 1.807) is 6.26 Å². The molecule has 1 aromatic carbocycles. The van der Waals surface area contributed by atoms with Crippen molar-refractivity contribution >= 4 is 16.9 Å². The molecule has 1 fully saturated rings. The van der Waals surface area contributed by atoms with E-state index in [-0.39, 0.29) is 11.9 Å². The Kier molecular flexibility index (Phi) is 3.61. The van der Waals surface area contributed by atoms with Crippen molar-refractivity contribution in [2.45, 2.75) is 13.0 Å². The van der Waals surface area contributed by atoms with Crippen LogP contribution >= 0.6 is 0 Å². The van der Waals surface area contributed by atoms with Gasteiger partial charge in [0.05, 0.1) is 30.5 Å². The van der Waals surface area contributed by atoms with E-state index in [2.05, 4.69) is 4.98 Å². The van der Waals surface area contributed by atoms with Gasteiger partial charge in [0, 0.05) is 19.2 Å². The smallest absolute Gasteiger partial charge is 0.254 e. The van der Waals surface area contributed by atoms with Crippen LogP contribution in [0, 0.1) is 6.92 Å². The highest BCUT2D eigenvalue weighted by molar-refractivity contribution is 5.97. The second-order valence-corrected chi connectivity index (χ2v) is 6.03. The standard InChI is InChI=1S/C18H19N3O3/c1-12-19-14-6-5-13(10-15(14)20(12)2)18(22)21-7-9-23-11-16(21)17-4-3-8-24-17/h3-6,8,10,16H,7,9,11H2,1-2H3. The number of hydrogen-bond donors (Lipinski definition) is 0. The molecule has 1 unspecified atom stereocenters. The van der Waals surface area contributed by atoms with E-state index >= 15 is 0 Å². The van der Waals surface area contributed by atoms with Crippen LogP contribution in [0.4, 0.5) is 0 Å². The molecule has 0 N–H and O–H groups in total. The number of aryl methyl sites for hydroxylation is 2. The zero-order valence-corrected chi connectivity index (χ0v) is 13.7. The normalized spacial score (nSPS) is 18.2. The van der Waals surface area contributed by atoms with E-state index in [9.17, 15) is 4.79 Å². The van der Waals surface area contributed by atoms with Crippen molar-refractivity contribution in [3.05, 3.63) is 53.7 Å². The topological polar surface area (TPSA) is 60.5 Å². The Morgan fingerprint density at radius 2 is 2.21 bits per heavy atom. The maximum Gasteiger partial charge on any atom is 0.254 e. The van der Waals surface area contributed by atoms with Gasteiger partial charge in [0.1, 0.15) is 17.6 Å². The molecule has 0 saturated carbocycles. The number of aromatic nitrogens is 2. The molecule has 24 heavy (non-hydrogen) atoms. The van der Waals surface area contributed by atoms with Crippen molar-refractivity contribution < 1.29 is 13.9 Å². The largest absolute Gasteiger partial charge is 0.467 e. The van der Waals surface area contributed by atoms with Crippen molar-refractivity contribution in [2.24, 2.45) is 7.05 Å². The third kappa shape index (κ3) is 2.39. The van der Waals surface area contributed by atoms with Crippen molar-refractivity contribution in [1.82, 2.24) is 14.5 Å². The van der Waals surface area contributed by atoms with Gasteiger partial charge in [-0.25, -0.2) is 4.98 Å². The summed E-state index contributed by atoms with van der Waals surface area (Å²) >= 11 is 0. The third-order valence-electron chi connectivity index (χ3n) is 4.61. The fraction of sp³-hybridized carbons (Fsp3) is 0.333. The molecular weight excluding hydrogens is 306 g/mol. The number of hydrogen-bond acceptors (Lipinski definition) is 4. The van der Waals surface area contributed by atoms with E-state index in [4.69, 9.17) is 9.15 Å². The van der Waals surface area contributed by atoms with Crippen molar-refractivity contribution in [3.63, 3.8) is 0 Å². The molecule has 1 saturated heterocycles. The maximum atomic E-state index is 13.1. The van der Waals surface area contributed by atoms with Gasteiger partial charge >= 0.3 is 0 Å². The van der Waals surface area contributed by atoms with Gasteiger partial charge in [0.2, 0.25) is 0 Å². The van der Waals surface area contributed by atoms with Gasteiger partial charge < -0.3 is 18.6 Å². The average molecular weight is 325 g/mol. The minimum atomic E-state index is -0.190. The van der Waals surface area contributed by atoms with Crippen LogP contribution in [-0.4, -0.2) is 40.1 Å². The monoisotopic (exact) mass is 325 g/mol. The van der Waals surface area contributed by atoms with E-state index in [1.807, 2.05) is 53.8 Å². The van der Waals surface area contributed by atoms with Crippen LogP contribution in [0.3, 0.4) is 0 Å². The highest BCUT2D eigenvalue weighted by atomic mass is 16.5. The van der Waals surface area contributed by atoms with Crippen molar-refractivity contribution in [3.8, 4) is 0 Å². The Morgan fingerprint density at radius 3 is 3.00 bits per heavy atom. The number of nitrogens with zero attached hydrogens (tertiary/aromatic N) is 3. The number of rotatable bonds is 2. The Bertz CT molecular complexity index is 882. The molecule has 0 radical (unpaired) electrons. The SMILES string of the molecule is Cc1nc2ccc(C(=O)N3CCOCC3c3ccco3)cc2n1C. The third-order valence-corrected chi connectivity index (χ3v) is 4.61. The van der Waals surface area contributed by atoms with Gasteiger partial charge in [-0.05, 0) is 37.3 Å². The zero-order valence-electron chi connectivity index (χ0n) is 13.7. The minimum absolute atomic E-state index is 0.0135. The number of morpholine rings is 1. The molecule has 1 aliphatic heterocycles. The van der Waals surface area contributed by atoms with Crippen molar-refractivity contribution in [1.29, 1.82) is 0 Å². The van der Waals surface area contributed by atoms with Gasteiger partial charge in [-0.3, -0.25) is 4.79 Å². The lowest BCUT2D eigenvalue weighted by molar-refractivity contribution is -0.00874. The molecule has 0 spiro atoms. The van der Waals surface area contributed by atoms with Gasteiger partial charge in [0.15, 0.2) is 0 Å². The fourth-order valence-electron chi connectivity index (χ4n) is 3.17. The lowest BCUT2D eigenvalue weighted by atomic mass is 10.1. The van der Waals surface area contributed by atoms with Crippen LogP contribution < -0.4 is 0 Å². The summed E-state index contributed by atoms with van der Waals surface area (Å²) in [6.07, 6.45) is 1.62. The Labute approximate surface area is 139 Å². The van der Waals surface area contributed by atoms with Gasteiger partial charge in [-0.2, -0.15) is 0 Å². The quantitative estimate of drug-likeness (QED) is 0.727. The molecule has 3 aromatic rings. The number of ether oxygens (including phenoxy) is 1. The van der Waals surface area contributed by atoms with Gasteiger partial charge in [-0.15, -0.1) is 0 Å². The van der Waals surface area contributed by atoms with E-state index in [0.717, 1.165) is 22.6 Å². The second kappa shape index (κ2) is 5.79. The number of carbonyl (C=O) groups excluding carboxylic acids is 1. The summed E-state index contributed by atoms with van der Waals surface area (Å²) < 4.78 is 13.0. The van der Waals surface area contributed by atoms with Gasteiger partial charge in [0.25, 0.3) is 5.91 Å². The number of furan rings is 1. The number of imidazole rings is 1. The predicted molar refractivity (Wildman–Crippen MR) is 88.8 cm³/mol. The van der Waals surface area contributed by atoms with Crippen LogP contribution in [0.15, 0.2) is 41.0 Å². The number of amides is 1. The maximum absolute atomic E-state index is 13.1. The molecule has 1 atom stereocenters. The van der Waals surface area contributed by atoms with Crippen LogP contribution in [0.2, 0.25) is 0 Å². The van der Waals surface area contributed by atoms with Crippen LogP contribution in [0.5, 0.6) is 0 Å². The summed E-state index contributed by atoms with van der Waals surface area (Å²) in [5.74, 6) is 1.66. The molecule has 124 valence electrons. The van der Waals surface area contributed by atoms with Crippen LogP contribution in [0.1, 0.15) is 28.0 Å². The second-order valence-electron chi connectivity index (χ2n) is 6.03. The molecule has 0 bridgehead atoms. The Hall–Kier alpha value is -2.60. The van der Waals surface area contributed by atoms with Crippen LogP contribution in [-0.2, 0) is 11.8 Å². The summed E-state index contributed by atoms with van der Waals surface area (Å²) in [7, 11) is 1.96. The lowest BCUT2D eigenvalue weighted by Gasteiger charge is -2.34. The molecule has 1 aliphatic rings. The average Bonchev–Trinajstić information content (AvgIpc) is 3.23. The molecule has 6 heteroatoms. The summed E-state index contributed by atoms with van der Waals surface area (Å²) in [6, 6.07) is 9.17. The molecule has 0 aliphatic carbocycles. The Morgan fingerprint density at radius 1 is 1.33 bits per heavy atom. The van der Waals surface area contributed by atoms with Crippen molar-refractivity contribution in [2.75, 3.05) is 19.8 Å². The van der Waals surface area contributed by atoms with E-state index in [1.165, 1.54) is 0 Å². The lowest BCUT2D eigenvalue weighted by Crippen LogP contribution is -2.43. The fourth-order valence-corrected chi connectivity index (χ4v) is 3.17. The predicted octanol–water partition coefficient (Wildman–Crippen LogP) is 2.69. The first-order valence-electron chi connectivity index (χ1n) is 8.00. The zero-order chi connectivity index (χ0) is 16.7. The number of fused-ring (bicyclic) bond motifs is 1. The molecule has 1 amide bonds. The molecule has 6 nitrogen and oxygen atoms in total. The minimum Gasteiger partial charge on any atom is -0.467 e. The van der Waals surface area contributed by atoms with Crippen LogP contribution in [0.25, 0.3) is 11.0 Å². The molecule has 2 aromatic heterocycles.